The van der Waals surface area contributed by atoms with Crippen molar-refractivity contribution in [1.82, 2.24) is 4.90 Å². The van der Waals surface area contributed by atoms with Crippen LogP contribution < -0.4 is 9.64 Å². The standard InChI is InChI=1S/C27H35BrN2O6/c1-6-7-9-25-10-8-12-30-13-11-26(21(25)30)17-14-18(28)20(34-4)15-19(17)29(3)22(26)27(33,24(32)35-5)23(25)36-16(2)31/h8,10,14-15,21-23,33H,6-7,9,11-13H2,1-5H3/t21-,22-,23+,25-,26+,27+/m0/s1. The number of rotatable bonds is 6. The number of aliphatic hydroxyl groups is 1. The minimum Gasteiger partial charge on any atom is -0.495 e. The van der Waals surface area contributed by atoms with Crippen LogP contribution >= 0.6 is 15.9 Å². The van der Waals surface area contributed by atoms with E-state index in [0.717, 1.165) is 48.1 Å². The van der Waals surface area contributed by atoms with Crippen LogP contribution in [-0.4, -0.2) is 80.1 Å². The van der Waals surface area contributed by atoms with Gasteiger partial charge in [0.25, 0.3) is 0 Å². The zero-order valence-corrected chi connectivity index (χ0v) is 23.1. The maximum Gasteiger partial charge on any atom is 0.344 e. The topological polar surface area (TPSA) is 88.5 Å². The molecule has 8 nitrogen and oxygen atoms in total. The van der Waals surface area contributed by atoms with Crippen molar-refractivity contribution in [2.45, 2.75) is 68.7 Å². The molecule has 1 saturated carbocycles. The van der Waals surface area contributed by atoms with E-state index in [1.54, 1.807) is 7.11 Å². The second-order valence-corrected chi connectivity index (χ2v) is 11.5. The number of anilines is 1. The Morgan fingerprint density at radius 2 is 2.00 bits per heavy atom. The summed E-state index contributed by atoms with van der Waals surface area (Å²) in [5, 5.41) is 12.7. The molecule has 3 aliphatic heterocycles. The third-order valence-electron chi connectivity index (χ3n) is 9.03. The monoisotopic (exact) mass is 562 g/mol. The van der Waals surface area contributed by atoms with Gasteiger partial charge in [-0.05, 0) is 46.9 Å². The molecule has 196 valence electrons. The van der Waals surface area contributed by atoms with Gasteiger partial charge in [0.1, 0.15) is 5.75 Å². The number of ether oxygens (including phenoxy) is 3. The van der Waals surface area contributed by atoms with Gasteiger partial charge in [0.05, 0.1) is 24.7 Å². The van der Waals surface area contributed by atoms with Gasteiger partial charge in [-0.1, -0.05) is 31.9 Å². The molecule has 1 aromatic rings. The number of likely N-dealkylation sites (N-methyl/N-ethyl adjacent to an activating group) is 1. The first-order valence-corrected chi connectivity index (χ1v) is 13.4. The van der Waals surface area contributed by atoms with Crippen LogP contribution in [0.2, 0.25) is 0 Å². The van der Waals surface area contributed by atoms with Gasteiger partial charge in [0.15, 0.2) is 6.10 Å². The molecule has 1 aliphatic carbocycles. The molecule has 6 atom stereocenters. The van der Waals surface area contributed by atoms with Crippen molar-refractivity contribution in [2.24, 2.45) is 5.41 Å². The summed E-state index contributed by atoms with van der Waals surface area (Å²) in [5.74, 6) is -0.642. The van der Waals surface area contributed by atoms with Crippen LogP contribution in [0.1, 0.15) is 45.1 Å². The van der Waals surface area contributed by atoms with Gasteiger partial charge >= 0.3 is 11.9 Å². The highest BCUT2D eigenvalue weighted by Crippen LogP contribution is 2.68. The van der Waals surface area contributed by atoms with Crippen molar-refractivity contribution >= 4 is 33.6 Å². The fraction of sp³-hybridized carbons (Fsp3) is 0.630. The number of hydrogen-bond acceptors (Lipinski definition) is 8. The Bertz CT molecular complexity index is 1130. The number of nitrogens with zero attached hydrogens (tertiary/aromatic N) is 2. The smallest absolute Gasteiger partial charge is 0.344 e. The fourth-order valence-electron chi connectivity index (χ4n) is 8.05. The molecule has 36 heavy (non-hydrogen) atoms. The van der Waals surface area contributed by atoms with Gasteiger partial charge in [-0.15, -0.1) is 0 Å². The molecule has 4 aliphatic rings. The van der Waals surface area contributed by atoms with E-state index in [0.29, 0.717) is 12.2 Å². The Morgan fingerprint density at radius 1 is 1.25 bits per heavy atom. The second kappa shape index (κ2) is 8.74. The summed E-state index contributed by atoms with van der Waals surface area (Å²) in [7, 11) is 4.79. The van der Waals surface area contributed by atoms with Gasteiger partial charge in [-0.3, -0.25) is 9.69 Å². The lowest BCUT2D eigenvalue weighted by atomic mass is 9.47. The van der Waals surface area contributed by atoms with Crippen LogP contribution in [0.25, 0.3) is 0 Å². The van der Waals surface area contributed by atoms with E-state index in [1.807, 2.05) is 18.0 Å². The zero-order valence-electron chi connectivity index (χ0n) is 21.5. The fourth-order valence-corrected chi connectivity index (χ4v) is 8.56. The third kappa shape index (κ3) is 3.05. The van der Waals surface area contributed by atoms with Crippen molar-refractivity contribution in [2.75, 3.05) is 39.3 Å². The first kappa shape index (κ1) is 25.5. The third-order valence-corrected chi connectivity index (χ3v) is 9.65. The molecular formula is C27H35BrN2O6. The van der Waals surface area contributed by atoms with E-state index in [2.05, 4.69) is 46.0 Å². The summed E-state index contributed by atoms with van der Waals surface area (Å²) in [4.78, 5) is 30.7. The molecular weight excluding hydrogens is 528 g/mol. The van der Waals surface area contributed by atoms with Crippen molar-refractivity contribution in [3.05, 3.63) is 34.3 Å². The number of halogens is 1. The molecule has 0 unspecified atom stereocenters. The average molecular weight is 563 g/mol. The van der Waals surface area contributed by atoms with Crippen molar-refractivity contribution in [3.63, 3.8) is 0 Å². The number of fused-ring (bicyclic) bond motifs is 1. The highest BCUT2D eigenvalue weighted by molar-refractivity contribution is 9.10. The lowest BCUT2D eigenvalue weighted by molar-refractivity contribution is -0.229. The summed E-state index contributed by atoms with van der Waals surface area (Å²) in [6, 6.07) is 3.26. The van der Waals surface area contributed by atoms with Crippen LogP contribution in [-0.2, 0) is 24.5 Å². The minimum absolute atomic E-state index is 0.0789. The number of hydrogen-bond donors (Lipinski definition) is 1. The van der Waals surface area contributed by atoms with Gasteiger partial charge in [-0.25, -0.2) is 4.79 Å². The molecule has 1 spiro atoms. The SMILES string of the molecule is CCCC[C@@]12C=CCN3CC[C@@]4(c5cc(Br)c(OC)cc5N(C)[C@@H]4[C@](O)(C(=O)OC)[C@@H]1OC(C)=O)[C@@H]32. The number of unbranched alkanes of at least 4 members (excludes halogenated alkanes) is 1. The summed E-state index contributed by atoms with van der Waals surface area (Å²) >= 11 is 3.68. The summed E-state index contributed by atoms with van der Waals surface area (Å²) in [6.45, 7) is 5.03. The van der Waals surface area contributed by atoms with Gasteiger partial charge in [0, 0.05) is 49.1 Å². The summed E-state index contributed by atoms with van der Waals surface area (Å²) in [6.07, 6.45) is 6.32. The van der Waals surface area contributed by atoms with Crippen molar-refractivity contribution < 1.29 is 28.9 Å². The Kier molecular flexibility index (Phi) is 6.20. The van der Waals surface area contributed by atoms with E-state index in [-0.39, 0.29) is 6.04 Å². The number of carbonyl (C=O) groups is 2. The lowest BCUT2D eigenvalue weighted by Crippen LogP contribution is -2.81. The van der Waals surface area contributed by atoms with Gasteiger partial charge in [-0.2, -0.15) is 0 Å². The number of carbonyl (C=O) groups excluding carboxylic acids is 2. The Balaban J connectivity index is 1.87. The molecule has 1 aromatic carbocycles. The molecule has 0 aromatic heterocycles. The van der Waals surface area contributed by atoms with Crippen LogP contribution in [0, 0.1) is 5.41 Å². The Labute approximate surface area is 220 Å². The highest BCUT2D eigenvalue weighted by Gasteiger charge is 2.80. The number of methoxy groups -OCH3 is 2. The Morgan fingerprint density at radius 3 is 2.64 bits per heavy atom. The van der Waals surface area contributed by atoms with Crippen LogP contribution in [0.15, 0.2) is 28.8 Å². The molecule has 2 fully saturated rings. The summed E-state index contributed by atoms with van der Waals surface area (Å²) in [5.41, 5.74) is -1.51. The molecule has 9 heteroatoms. The summed E-state index contributed by atoms with van der Waals surface area (Å²) < 4.78 is 17.7. The lowest BCUT2D eigenvalue weighted by Gasteiger charge is -2.63. The van der Waals surface area contributed by atoms with Crippen molar-refractivity contribution in [3.8, 4) is 5.75 Å². The number of esters is 2. The molecule has 1 N–H and O–H groups in total. The van der Waals surface area contributed by atoms with E-state index in [1.165, 1.54) is 14.0 Å². The molecule has 0 bridgehead atoms. The maximum atomic E-state index is 13.7. The van der Waals surface area contributed by atoms with Crippen LogP contribution in [0.4, 0.5) is 5.69 Å². The van der Waals surface area contributed by atoms with E-state index < -0.39 is 40.5 Å². The largest absolute Gasteiger partial charge is 0.495 e. The molecule has 1 saturated heterocycles. The quantitative estimate of drug-likeness (QED) is 0.417. The van der Waals surface area contributed by atoms with Gasteiger partial charge in [0.2, 0.25) is 5.60 Å². The first-order valence-electron chi connectivity index (χ1n) is 12.6. The van der Waals surface area contributed by atoms with Gasteiger partial charge < -0.3 is 24.2 Å². The van der Waals surface area contributed by atoms with Crippen LogP contribution in [0.3, 0.4) is 0 Å². The molecule has 5 rings (SSSR count). The van der Waals surface area contributed by atoms with E-state index >= 15 is 0 Å². The maximum absolute atomic E-state index is 13.7. The minimum atomic E-state index is -2.10. The Hall–Kier alpha value is -2.10. The highest BCUT2D eigenvalue weighted by atomic mass is 79.9. The molecule has 0 amide bonds. The average Bonchev–Trinajstić information content (AvgIpc) is 3.36. The first-order chi connectivity index (χ1) is 17.1. The molecule has 3 heterocycles. The predicted molar refractivity (Wildman–Crippen MR) is 138 cm³/mol. The van der Waals surface area contributed by atoms with Crippen LogP contribution in [0.5, 0.6) is 5.75 Å². The second-order valence-electron chi connectivity index (χ2n) is 10.6. The predicted octanol–water partition coefficient (Wildman–Crippen LogP) is 3.18. The van der Waals surface area contributed by atoms with E-state index in [9.17, 15) is 14.7 Å². The number of benzene rings is 1. The zero-order chi connectivity index (χ0) is 26.0. The molecule has 0 radical (unpaired) electrons. The van der Waals surface area contributed by atoms with Crippen molar-refractivity contribution in [1.29, 1.82) is 0 Å². The normalized spacial score (nSPS) is 36.2. The van der Waals surface area contributed by atoms with E-state index in [4.69, 9.17) is 14.2 Å².